The van der Waals surface area contributed by atoms with Crippen molar-refractivity contribution in [2.45, 2.75) is 13.3 Å². The highest BCUT2D eigenvalue weighted by Gasteiger charge is 2.13. The van der Waals surface area contributed by atoms with Crippen molar-refractivity contribution in [3.05, 3.63) is 94.8 Å². The Hall–Kier alpha value is -3.72. The molecule has 0 spiro atoms. The quantitative estimate of drug-likeness (QED) is 0.316. The SMILES string of the molecule is CCCOc1ccc(C#Cc2ccc(OC(=O)c3ccc(F)cc3)cc2)c(F)c1F. The van der Waals surface area contributed by atoms with Gasteiger partial charge in [-0.1, -0.05) is 18.8 Å². The van der Waals surface area contributed by atoms with Crippen LogP contribution in [0.4, 0.5) is 13.2 Å². The van der Waals surface area contributed by atoms with Gasteiger partial charge in [0.2, 0.25) is 5.82 Å². The molecule has 3 aromatic rings. The first kappa shape index (κ1) is 21.0. The van der Waals surface area contributed by atoms with Crippen LogP contribution >= 0.6 is 0 Å². The predicted octanol–water partition coefficient (Wildman–Crippen LogP) is 5.51. The second kappa shape index (κ2) is 9.66. The van der Waals surface area contributed by atoms with Crippen LogP contribution in [0.3, 0.4) is 0 Å². The molecule has 3 rings (SSSR count). The Morgan fingerprint density at radius 1 is 0.867 bits per heavy atom. The third-order valence-electron chi connectivity index (χ3n) is 3.99. The molecule has 0 heterocycles. The summed E-state index contributed by atoms with van der Waals surface area (Å²) in [7, 11) is 0. The molecular weight excluding hydrogens is 393 g/mol. The fourth-order valence-electron chi connectivity index (χ4n) is 2.45. The van der Waals surface area contributed by atoms with E-state index in [-0.39, 0.29) is 22.6 Å². The molecule has 0 aromatic heterocycles. The lowest BCUT2D eigenvalue weighted by atomic mass is 10.1. The maximum Gasteiger partial charge on any atom is 0.343 e. The molecule has 6 heteroatoms. The number of esters is 1. The molecule has 0 aliphatic carbocycles. The number of benzene rings is 3. The van der Waals surface area contributed by atoms with Crippen molar-refractivity contribution in [3.63, 3.8) is 0 Å². The van der Waals surface area contributed by atoms with Crippen molar-refractivity contribution in [2.75, 3.05) is 6.61 Å². The Balaban J connectivity index is 1.69. The van der Waals surface area contributed by atoms with Crippen LogP contribution in [-0.4, -0.2) is 12.6 Å². The predicted molar refractivity (Wildman–Crippen MR) is 106 cm³/mol. The average Bonchev–Trinajstić information content (AvgIpc) is 2.75. The van der Waals surface area contributed by atoms with Crippen molar-refractivity contribution in [1.82, 2.24) is 0 Å². The monoisotopic (exact) mass is 410 g/mol. The molecule has 0 fully saturated rings. The zero-order valence-corrected chi connectivity index (χ0v) is 16.0. The molecule has 3 nitrogen and oxygen atoms in total. The summed E-state index contributed by atoms with van der Waals surface area (Å²) in [6.07, 6.45) is 0.678. The van der Waals surface area contributed by atoms with E-state index in [0.29, 0.717) is 18.6 Å². The third kappa shape index (κ3) is 5.21. The van der Waals surface area contributed by atoms with E-state index in [1.54, 1.807) is 12.1 Å². The second-order valence-electron chi connectivity index (χ2n) is 6.26. The van der Waals surface area contributed by atoms with E-state index in [1.165, 1.54) is 48.5 Å². The number of hydrogen-bond donors (Lipinski definition) is 0. The summed E-state index contributed by atoms with van der Waals surface area (Å²) in [5, 5.41) is 0. The van der Waals surface area contributed by atoms with Gasteiger partial charge in [0.05, 0.1) is 17.7 Å². The van der Waals surface area contributed by atoms with Crippen molar-refractivity contribution in [1.29, 1.82) is 0 Å². The minimum absolute atomic E-state index is 0.0943. The van der Waals surface area contributed by atoms with Crippen LogP contribution in [0.15, 0.2) is 60.7 Å². The molecule has 0 N–H and O–H groups in total. The molecule has 3 aromatic carbocycles. The minimum atomic E-state index is -1.07. The van der Waals surface area contributed by atoms with Gasteiger partial charge >= 0.3 is 5.97 Å². The summed E-state index contributed by atoms with van der Waals surface area (Å²) < 4.78 is 51.4. The van der Waals surface area contributed by atoms with Crippen molar-refractivity contribution in [2.24, 2.45) is 0 Å². The van der Waals surface area contributed by atoms with Gasteiger partial charge in [0.1, 0.15) is 11.6 Å². The zero-order chi connectivity index (χ0) is 21.5. The Bertz CT molecular complexity index is 1100. The first-order valence-corrected chi connectivity index (χ1v) is 9.18. The van der Waals surface area contributed by atoms with Crippen molar-refractivity contribution < 1.29 is 27.4 Å². The largest absolute Gasteiger partial charge is 0.490 e. The van der Waals surface area contributed by atoms with Gasteiger partial charge in [-0.15, -0.1) is 0 Å². The molecule has 0 amide bonds. The van der Waals surface area contributed by atoms with Gasteiger partial charge in [-0.2, -0.15) is 4.39 Å². The number of carbonyl (C=O) groups is 1. The highest BCUT2D eigenvalue weighted by atomic mass is 19.2. The highest BCUT2D eigenvalue weighted by molar-refractivity contribution is 5.90. The zero-order valence-electron chi connectivity index (χ0n) is 16.0. The van der Waals surface area contributed by atoms with Crippen LogP contribution in [0.5, 0.6) is 11.5 Å². The summed E-state index contributed by atoms with van der Waals surface area (Å²) in [5.41, 5.74) is 0.634. The van der Waals surface area contributed by atoms with Gasteiger partial charge in [-0.05, 0) is 67.1 Å². The summed E-state index contributed by atoms with van der Waals surface area (Å²) in [6.45, 7) is 2.16. The smallest absolute Gasteiger partial charge is 0.343 e. The summed E-state index contributed by atoms with van der Waals surface area (Å²) in [6, 6.07) is 13.9. The van der Waals surface area contributed by atoms with Crippen LogP contribution in [0, 0.1) is 29.3 Å². The van der Waals surface area contributed by atoms with Crippen LogP contribution in [0.1, 0.15) is 34.8 Å². The van der Waals surface area contributed by atoms with E-state index in [1.807, 2.05) is 6.92 Å². The number of halogens is 3. The van der Waals surface area contributed by atoms with Crippen molar-refractivity contribution >= 4 is 5.97 Å². The molecule has 0 aliphatic rings. The fraction of sp³-hybridized carbons (Fsp3) is 0.125. The fourth-order valence-corrected chi connectivity index (χ4v) is 2.45. The normalized spacial score (nSPS) is 10.1. The Labute approximate surface area is 172 Å². The van der Waals surface area contributed by atoms with Crippen molar-refractivity contribution in [3.8, 4) is 23.3 Å². The average molecular weight is 410 g/mol. The van der Waals surface area contributed by atoms with Crippen LogP contribution in [-0.2, 0) is 0 Å². The molecule has 0 aliphatic heterocycles. The lowest BCUT2D eigenvalue weighted by Crippen LogP contribution is -2.08. The highest BCUT2D eigenvalue weighted by Crippen LogP contribution is 2.22. The summed E-state index contributed by atoms with van der Waals surface area (Å²) in [5.74, 6) is 2.22. The molecule has 0 saturated heterocycles. The Morgan fingerprint density at radius 3 is 2.23 bits per heavy atom. The lowest BCUT2D eigenvalue weighted by Gasteiger charge is -2.07. The summed E-state index contributed by atoms with van der Waals surface area (Å²) in [4.78, 5) is 12.0. The molecule has 0 saturated carbocycles. The van der Waals surface area contributed by atoms with Gasteiger partial charge in [-0.3, -0.25) is 0 Å². The van der Waals surface area contributed by atoms with E-state index in [2.05, 4.69) is 11.8 Å². The molecule has 0 unspecified atom stereocenters. The third-order valence-corrected chi connectivity index (χ3v) is 3.99. The second-order valence-corrected chi connectivity index (χ2v) is 6.26. The molecule has 30 heavy (non-hydrogen) atoms. The van der Waals surface area contributed by atoms with E-state index >= 15 is 0 Å². The van der Waals surface area contributed by atoms with Crippen LogP contribution in [0.25, 0.3) is 0 Å². The molecule has 0 atom stereocenters. The Morgan fingerprint density at radius 2 is 1.57 bits per heavy atom. The molecule has 0 radical (unpaired) electrons. The van der Waals surface area contributed by atoms with Crippen LogP contribution < -0.4 is 9.47 Å². The molecular formula is C24H17F3O3. The maximum absolute atomic E-state index is 14.1. The number of ether oxygens (including phenoxy) is 2. The number of rotatable bonds is 5. The summed E-state index contributed by atoms with van der Waals surface area (Å²) >= 11 is 0. The van der Waals surface area contributed by atoms with Gasteiger partial charge < -0.3 is 9.47 Å². The van der Waals surface area contributed by atoms with Gasteiger partial charge in [0.25, 0.3) is 0 Å². The standard InChI is InChI=1S/C24H17F3O3/c1-2-15-29-21-14-9-17(22(26)23(21)27)6-3-16-4-12-20(13-5-16)30-24(28)18-7-10-19(25)11-8-18/h4-5,7-14H,2,15H2,1H3. The first-order chi connectivity index (χ1) is 14.5. The van der Waals surface area contributed by atoms with Gasteiger partial charge in [0.15, 0.2) is 11.6 Å². The maximum atomic E-state index is 14.1. The molecule has 152 valence electrons. The molecule has 0 bridgehead atoms. The Kier molecular flexibility index (Phi) is 6.76. The van der Waals surface area contributed by atoms with Gasteiger partial charge in [-0.25, -0.2) is 13.6 Å². The first-order valence-electron chi connectivity index (χ1n) is 9.18. The minimum Gasteiger partial charge on any atom is -0.490 e. The van der Waals surface area contributed by atoms with E-state index in [0.717, 1.165) is 0 Å². The number of hydrogen-bond acceptors (Lipinski definition) is 3. The lowest BCUT2D eigenvalue weighted by molar-refractivity contribution is 0.0734. The van der Waals surface area contributed by atoms with E-state index < -0.39 is 23.4 Å². The number of carbonyl (C=O) groups excluding carboxylic acids is 1. The van der Waals surface area contributed by atoms with Crippen LogP contribution in [0.2, 0.25) is 0 Å². The topological polar surface area (TPSA) is 35.5 Å². The van der Waals surface area contributed by atoms with E-state index in [4.69, 9.17) is 9.47 Å². The van der Waals surface area contributed by atoms with Gasteiger partial charge in [0, 0.05) is 5.56 Å². The van der Waals surface area contributed by atoms with E-state index in [9.17, 15) is 18.0 Å².